The Balaban J connectivity index is 0.891. The monoisotopic (exact) mass is 832 g/mol. The number of rotatable bonds is 15. The maximum atomic E-state index is 14.2. The van der Waals surface area contributed by atoms with Gasteiger partial charge >= 0.3 is 0 Å². The van der Waals surface area contributed by atoms with E-state index >= 15 is 0 Å². The third-order valence-corrected chi connectivity index (χ3v) is 12.5. The zero-order valence-electron chi connectivity index (χ0n) is 34.9. The van der Waals surface area contributed by atoms with Gasteiger partial charge in [-0.25, -0.2) is 9.97 Å². The molecule has 0 unspecified atom stereocenters. The van der Waals surface area contributed by atoms with Crippen LogP contribution in [0.2, 0.25) is 0 Å². The summed E-state index contributed by atoms with van der Waals surface area (Å²) in [6.45, 7) is 7.93. The standard InChI is InChI=1S/C46H56N8O7/c1-3-38(53(4-2)45(57)41(52-46-60-29-61-46)35-19-24-59-25-20-35)42-47-26-36(50-42)32-13-9-30(10-14-32)7-8-31-11-15-33(16-12-31)37-27-48-43(51-37)39-6-5-21-54(39)44(56)40(49-28-55)34-17-22-58-23-18-34/h9-16,26-28,34-35,38-41,46,52H,3-6,17-25,29H2,1-2H3,(H,47,50)(H,48,51)(H,49,55)/t38-,39-,40-,41-/m0/s1. The first-order valence-electron chi connectivity index (χ1n) is 21.7. The van der Waals surface area contributed by atoms with Crippen LogP contribution in [0.3, 0.4) is 0 Å². The molecule has 4 aromatic rings. The van der Waals surface area contributed by atoms with E-state index in [2.05, 4.69) is 39.4 Å². The second kappa shape index (κ2) is 20.0. The van der Waals surface area contributed by atoms with Gasteiger partial charge in [0.15, 0.2) is 6.79 Å². The van der Waals surface area contributed by atoms with Crippen molar-refractivity contribution in [3.05, 3.63) is 83.7 Å². The Labute approximate surface area is 356 Å². The molecule has 4 N–H and O–H groups in total. The van der Waals surface area contributed by atoms with Gasteiger partial charge in [0.2, 0.25) is 24.6 Å². The van der Waals surface area contributed by atoms with Crippen LogP contribution in [-0.2, 0) is 33.3 Å². The van der Waals surface area contributed by atoms with E-state index in [0.717, 1.165) is 83.8 Å². The summed E-state index contributed by atoms with van der Waals surface area (Å²) in [5.74, 6) is 8.18. The zero-order valence-corrected chi connectivity index (χ0v) is 34.9. The Morgan fingerprint density at radius 1 is 0.836 bits per heavy atom. The van der Waals surface area contributed by atoms with E-state index in [9.17, 15) is 14.4 Å². The van der Waals surface area contributed by atoms with E-state index in [4.69, 9.17) is 28.9 Å². The van der Waals surface area contributed by atoms with Crippen molar-refractivity contribution < 1.29 is 33.3 Å². The van der Waals surface area contributed by atoms with Crippen LogP contribution in [0, 0.1) is 23.7 Å². The Hall–Kier alpha value is -5.37. The minimum atomic E-state index is -0.577. The molecule has 3 amide bonds. The first-order chi connectivity index (χ1) is 29.9. The van der Waals surface area contributed by atoms with Gasteiger partial charge in [-0.1, -0.05) is 43.0 Å². The maximum Gasteiger partial charge on any atom is 0.246 e. The lowest BCUT2D eigenvalue weighted by atomic mass is 9.90. The van der Waals surface area contributed by atoms with Gasteiger partial charge in [-0.15, -0.1) is 0 Å². The van der Waals surface area contributed by atoms with Crippen LogP contribution in [0.15, 0.2) is 60.9 Å². The van der Waals surface area contributed by atoms with Gasteiger partial charge in [-0.05, 0) is 99.1 Å². The number of aromatic nitrogens is 4. The van der Waals surface area contributed by atoms with Gasteiger partial charge in [0.05, 0.1) is 41.9 Å². The average molecular weight is 833 g/mol. The summed E-state index contributed by atoms with van der Waals surface area (Å²) in [7, 11) is 0. The molecule has 15 nitrogen and oxygen atoms in total. The van der Waals surface area contributed by atoms with Crippen molar-refractivity contribution in [1.29, 1.82) is 0 Å². The van der Waals surface area contributed by atoms with E-state index in [0.29, 0.717) is 52.3 Å². The van der Waals surface area contributed by atoms with E-state index in [-0.39, 0.29) is 42.5 Å². The summed E-state index contributed by atoms with van der Waals surface area (Å²) in [6, 6.07) is 14.6. The van der Waals surface area contributed by atoms with E-state index in [1.807, 2.05) is 77.6 Å². The molecule has 15 heteroatoms. The summed E-state index contributed by atoms with van der Waals surface area (Å²) in [4.78, 5) is 59.5. The molecule has 0 radical (unpaired) electrons. The highest BCUT2D eigenvalue weighted by Gasteiger charge is 2.40. The smallest absolute Gasteiger partial charge is 0.246 e. The summed E-state index contributed by atoms with van der Waals surface area (Å²) in [5, 5.41) is 6.11. The predicted molar refractivity (Wildman–Crippen MR) is 226 cm³/mol. The fourth-order valence-electron chi connectivity index (χ4n) is 9.05. The third-order valence-electron chi connectivity index (χ3n) is 12.5. The number of likely N-dealkylation sites (tertiary alicyclic amines) is 1. The number of nitrogens with one attached hydrogen (secondary N) is 4. The van der Waals surface area contributed by atoms with Gasteiger partial charge in [-0.2, -0.15) is 0 Å². The summed E-state index contributed by atoms with van der Waals surface area (Å²) >= 11 is 0. The molecule has 322 valence electrons. The zero-order chi connectivity index (χ0) is 42.1. The van der Waals surface area contributed by atoms with Crippen LogP contribution in [0.5, 0.6) is 0 Å². The summed E-state index contributed by atoms with van der Waals surface area (Å²) in [6.07, 6.45) is 9.16. The number of H-pyrrole nitrogens is 2. The summed E-state index contributed by atoms with van der Waals surface area (Å²) < 4.78 is 22.0. The first-order valence-corrected chi connectivity index (χ1v) is 21.7. The molecule has 4 aliphatic rings. The molecule has 0 aliphatic carbocycles. The van der Waals surface area contributed by atoms with Crippen molar-refractivity contribution in [2.75, 3.05) is 46.3 Å². The number of carbonyl (C=O) groups excluding carboxylic acids is 3. The number of nitrogens with zero attached hydrogens (tertiary/aromatic N) is 4. The number of imidazole rings is 2. The van der Waals surface area contributed by atoms with Gasteiger partial charge in [0.1, 0.15) is 17.7 Å². The Kier molecular flexibility index (Phi) is 13.9. The lowest BCUT2D eigenvalue weighted by Crippen LogP contribution is -2.58. The molecule has 0 saturated carbocycles. The number of amides is 3. The van der Waals surface area contributed by atoms with Gasteiger partial charge in [0.25, 0.3) is 0 Å². The summed E-state index contributed by atoms with van der Waals surface area (Å²) in [5.41, 5.74) is 5.43. The van der Waals surface area contributed by atoms with Crippen LogP contribution in [-0.4, -0.2) is 113 Å². The van der Waals surface area contributed by atoms with E-state index < -0.39 is 18.5 Å². The molecule has 61 heavy (non-hydrogen) atoms. The first kappa shape index (κ1) is 42.3. The molecular weight excluding hydrogens is 777 g/mol. The van der Waals surface area contributed by atoms with Crippen LogP contribution in [0.1, 0.15) is 93.7 Å². The van der Waals surface area contributed by atoms with Crippen LogP contribution >= 0.6 is 0 Å². The van der Waals surface area contributed by atoms with Crippen LogP contribution in [0.25, 0.3) is 22.5 Å². The third kappa shape index (κ3) is 9.74. The predicted octanol–water partition coefficient (Wildman–Crippen LogP) is 5.04. The second-order valence-electron chi connectivity index (χ2n) is 16.1. The van der Waals surface area contributed by atoms with Crippen molar-refractivity contribution in [1.82, 2.24) is 40.4 Å². The molecule has 4 atom stereocenters. The molecule has 0 spiro atoms. The van der Waals surface area contributed by atoms with E-state index in [1.54, 1.807) is 0 Å². The van der Waals surface area contributed by atoms with Crippen LogP contribution < -0.4 is 10.6 Å². The number of benzene rings is 2. The maximum absolute atomic E-state index is 14.2. The van der Waals surface area contributed by atoms with Crippen LogP contribution in [0.4, 0.5) is 0 Å². The number of hydrogen-bond donors (Lipinski definition) is 4. The Bertz CT molecular complexity index is 2150. The highest BCUT2D eigenvalue weighted by molar-refractivity contribution is 5.85. The fraction of sp³-hybridized carbons (Fsp3) is 0.500. The number of hydrogen-bond acceptors (Lipinski definition) is 10. The second-order valence-corrected chi connectivity index (χ2v) is 16.1. The Morgan fingerprint density at radius 2 is 1.43 bits per heavy atom. The quantitative estimate of drug-likeness (QED) is 0.0938. The average Bonchev–Trinajstić information content (AvgIpc) is 4.09. The number of carbonyl (C=O) groups is 3. The van der Waals surface area contributed by atoms with Gasteiger partial charge in [-0.3, -0.25) is 19.7 Å². The normalized spacial score (nSPS) is 20.2. The molecule has 2 aromatic carbocycles. The van der Waals surface area contributed by atoms with Gasteiger partial charge in [0, 0.05) is 50.6 Å². The van der Waals surface area contributed by atoms with Crippen molar-refractivity contribution >= 4 is 18.2 Å². The van der Waals surface area contributed by atoms with E-state index in [1.165, 1.54) is 0 Å². The van der Waals surface area contributed by atoms with Crippen molar-refractivity contribution in [2.24, 2.45) is 11.8 Å². The van der Waals surface area contributed by atoms with Crippen molar-refractivity contribution in [3.8, 4) is 34.4 Å². The lowest BCUT2D eigenvalue weighted by molar-refractivity contribution is -0.336. The lowest BCUT2D eigenvalue weighted by Gasteiger charge is -2.39. The molecule has 4 aliphatic heterocycles. The van der Waals surface area contributed by atoms with Crippen molar-refractivity contribution in [3.63, 3.8) is 0 Å². The molecule has 2 aromatic heterocycles. The molecule has 4 saturated heterocycles. The molecule has 8 rings (SSSR count). The molecular formula is C46H56N8O7. The number of likely N-dealkylation sites (N-methyl/N-ethyl adjacent to an activating group) is 1. The highest BCUT2D eigenvalue weighted by Crippen LogP contribution is 2.34. The number of aromatic amines is 2. The minimum absolute atomic E-state index is 0.0116. The molecule has 4 fully saturated rings. The molecule has 6 heterocycles. The SMILES string of the molecule is CC[C@@H](c1ncc(-c2ccc(C#Cc3ccc(-c4cnc([C@@H]5CCCN5C(=O)[C@@H](NC=O)C5CCOCC5)[nH]4)cc3)cc2)[nH]1)N(CC)C(=O)[C@@H](NC1OCO1)C1CCOCC1. The Morgan fingerprint density at radius 3 is 1.98 bits per heavy atom. The molecule has 0 bridgehead atoms. The van der Waals surface area contributed by atoms with Crippen molar-refractivity contribution in [2.45, 2.75) is 89.4 Å². The minimum Gasteiger partial charge on any atom is -0.381 e. The topological polar surface area (TPSA) is 176 Å². The van der Waals surface area contributed by atoms with Gasteiger partial charge < -0.3 is 44.0 Å². The highest BCUT2D eigenvalue weighted by atomic mass is 16.9. The largest absolute Gasteiger partial charge is 0.381 e. The number of ether oxygens (including phenoxy) is 4. The fourth-order valence-corrected chi connectivity index (χ4v) is 9.05.